The van der Waals surface area contributed by atoms with Gasteiger partial charge in [0.05, 0.1) is 11.8 Å². The lowest BCUT2D eigenvalue weighted by atomic mass is 10.2. The smallest absolute Gasteiger partial charge is 0.319 e. The topological polar surface area (TPSA) is 118 Å². The number of carbonyl (C=O) groups excluding carboxylic acids is 1. The molecule has 0 radical (unpaired) electrons. The van der Waals surface area contributed by atoms with Crippen molar-refractivity contribution in [1.29, 1.82) is 0 Å². The van der Waals surface area contributed by atoms with Gasteiger partial charge in [-0.1, -0.05) is 16.8 Å². The Morgan fingerprint density at radius 1 is 1.41 bits per heavy atom. The molecule has 1 aromatic carbocycles. The van der Waals surface area contributed by atoms with Crippen molar-refractivity contribution < 1.29 is 9.63 Å². The Kier molecular flexibility index (Phi) is 5.92. The second-order valence-electron chi connectivity index (χ2n) is 5.95. The van der Waals surface area contributed by atoms with Crippen LogP contribution in [0.3, 0.4) is 0 Å². The maximum Gasteiger partial charge on any atom is 0.319 e. The zero-order chi connectivity index (χ0) is 19.2. The summed E-state index contributed by atoms with van der Waals surface area (Å²) in [5.41, 5.74) is 7.19. The van der Waals surface area contributed by atoms with E-state index in [1.54, 1.807) is 24.3 Å². The Morgan fingerprint density at radius 2 is 2.19 bits per heavy atom. The fourth-order valence-corrected chi connectivity index (χ4v) is 2.96. The van der Waals surface area contributed by atoms with Crippen LogP contribution < -0.4 is 21.3 Å². The summed E-state index contributed by atoms with van der Waals surface area (Å²) < 4.78 is 0. The molecule has 3 rings (SSSR count). The Balaban J connectivity index is 1.62. The molecular weight excluding hydrogens is 370 g/mol. The highest BCUT2D eigenvalue weighted by atomic mass is 35.5. The number of nitrogen functional groups attached to an aromatic ring is 1. The predicted octanol–water partition coefficient (Wildman–Crippen LogP) is 2.09. The average Bonchev–Trinajstić information content (AvgIpc) is 3.10. The van der Waals surface area contributed by atoms with Gasteiger partial charge in [0.2, 0.25) is 0 Å². The first-order valence-corrected chi connectivity index (χ1v) is 8.69. The van der Waals surface area contributed by atoms with Crippen LogP contribution >= 0.6 is 11.6 Å². The Labute approximate surface area is 161 Å². The molecule has 10 heteroatoms. The summed E-state index contributed by atoms with van der Waals surface area (Å²) in [6, 6.07) is 6.63. The van der Waals surface area contributed by atoms with E-state index in [0.29, 0.717) is 34.5 Å². The molecule has 0 bridgehead atoms. The number of benzene rings is 1. The Bertz CT molecular complexity index is 829. The van der Waals surface area contributed by atoms with Crippen molar-refractivity contribution in [3.8, 4) is 0 Å². The first-order chi connectivity index (χ1) is 13.1. The average molecular weight is 390 g/mol. The molecule has 1 unspecified atom stereocenters. The third-order valence-corrected chi connectivity index (χ3v) is 4.36. The van der Waals surface area contributed by atoms with Crippen LogP contribution in [0.5, 0.6) is 0 Å². The lowest BCUT2D eigenvalue weighted by Crippen LogP contribution is -2.40. The van der Waals surface area contributed by atoms with Crippen molar-refractivity contribution in [3.05, 3.63) is 41.2 Å². The van der Waals surface area contributed by atoms with Gasteiger partial charge in [0.25, 0.3) is 0 Å². The molecule has 0 saturated carbocycles. The van der Waals surface area contributed by atoms with Gasteiger partial charge in [0.1, 0.15) is 25.1 Å². The fraction of sp³-hybridized carbons (Fsp3) is 0.294. The molecule has 1 aromatic heterocycles. The lowest BCUT2D eigenvalue weighted by molar-refractivity contribution is 0.215. The minimum Gasteiger partial charge on any atom is -0.399 e. The molecular formula is C17H20ClN7O2. The molecule has 1 atom stereocenters. The predicted molar refractivity (Wildman–Crippen MR) is 105 cm³/mol. The number of rotatable bonds is 5. The molecule has 0 aliphatic carbocycles. The number of carbonyl (C=O) groups is 1. The summed E-state index contributed by atoms with van der Waals surface area (Å²) >= 11 is 5.85. The molecule has 9 nitrogen and oxygen atoms in total. The van der Waals surface area contributed by atoms with Gasteiger partial charge >= 0.3 is 6.03 Å². The van der Waals surface area contributed by atoms with Gasteiger partial charge in [0, 0.05) is 29.8 Å². The number of amides is 2. The van der Waals surface area contributed by atoms with Crippen LogP contribution in [0.25, 0.3) is 0 Å². The fourth-order valence-electron chi connectivity index (χ4n) is 2.84. The van der Waals surface area contributed by atoms with Crippen LogP contribution in [0, 0.1) is 0 Å². The first kappa shape index (κ1) is 18.7. The number of nitrogens with zero attached hydrogens (tertiary/aromatic N) is 4. The minimum absolute atomic E-state index is 0.0271. The van der Waals surface area contributed by atoms with Gasteiger partial charge in [-0.15, -0.1) is 0 Å². The molecule has 2 aromatic rings. The number of nitrogens with one attached hydrogen (secondary N) is 2. The Morgan fingerprint density at radius 3 is 2.93 bits per heavy atom. The van der Waals surface area contributed by atoms with Gasteiger partial charge in [-0.05, 0) is 30.7 Å². The maximum absolute atomic E-state index is 12.2. The number of nitrogens with two attached hydrogens (primary N) is 1. The van der Waals surface area contributed by atoms with Crippen LogP contribution in [0.2, 0.25) is 5.02 Å². The SMILES string of the molecule is CON=Cc1c(N)ncnc1N1CCC(NC(=O)Nc2ccc(Cl)cc2)C1. The van der Waals surface area contributed by atoms with Crippen LogP contribution in [0.1, 0.15) is 12.0 Å². The molecule has 1 aliphatic rings. The van der Waals surface area contributed by atoms with Crippen LogP contribution in [-0.4, -0.2) is 48.5 Å². The normalized spacial score (nSPS) is 16.5. The summed E-state index contributed by atoms with van der Waals surface area (Å²) in [6.45, 7) is 1.31. The van der Waals surface area contributed by atoms with Gasteiger partial charge in [-0.2, -0.15) is 0 Å². The van der Waals surface area contributed by atoms with Gasteiger partial charge in [-0.3, -0.25) is 0 Å². The van der Waals surface area contributed by atoms with Crippen LogP contribution in [0.4, 0.5) is 22.1 Å². The summed E-state index contributed by atoms with van der Waals surface area (Å²) in [5.74, 6) is 0.975. The van der Waals surface area contributed by atoms with E-state index in [1.807, 2.05) is 4.90 Å². The van der Waals surface area contributed by atoms with E-state index in [0.717, 1.165) is 13.0 Å². The van der Waals surface area contributed by atoms with Crippen molar-refractivity contribution in [3.63, 3.8) is 0 Å². The lowest BCUT2D eigenvalue weighted by Gasteiger charge is -2.20. The second-order valence-corrected chi connectivity index (χ2v) is 6.39. The van der Waals surface area contributed by atoms with E-state index in [2.05, 4.69) is 25.8 Å². The number of anilines is 3. The van der Waals surface area contributed by atoms with Crippen molar-refractivity contribution in [2.75, 3.05) is 36.1 Å². The number of aromatic nitrogens is 2. The molecule has 2 heterocycles. The van der Waals surface area contributed by atoms with Crippen molar-refractivity contribution >= 4 is 41.2 Å². The number of hydrogen-bond donors (Lipinski definition) is 3. The molecule has 4 N–H and O–H groups in total. The zero-order valence-corrected chi connectivity index (χ0v) is 15.5. The Hall–Kier alpha value is -3.07. The molecule has 1 saturated heterocycles. The molecule has 142 valence electrons. The first-order valence-electron chi connectivity index (χ1n) is 8.32. The molecule has 2 amide bonds. The van der Waals surface area contributed by atoms with E-state index in [1.165, 1.54) is 19.7 Å². The molecule has 27 heavy (non-hydrogen) atoms. The highest BCUT2D eigenvalue weighted by Crippen LogP contribution is 2.24. The second kappa shape index (κ2) is 8.54. The third kappa shape index (κ3) is 4.76. The van der Waals surface area contributed by atoms with E-state index >= 15 is 0 Å². The van der Waals surface area contributed by atoms with Crippen molar-refractivity contribution in [1.82, 2.24) is 15.3 Å². The standard InChI is InChI=1S/C17H20ClN7O2/c1-27-22-8-14-15(19)20-10-21-16(14)25-7-6-13(9-25)24-17(26)23-12-4-2-11(18)3-5-12/h2-5,8,10,13H,6-7,9H2,1H3,(H2,19,20,21)(H2,23,24,26). The highest BCUT2D eigenvalue weighted by molar-refractivity contribution is 6.30. The van der Waals surface area contributed by atoms with Gasteiger partial charge in [-0.25, -0.2) is 14.8 Å². The van der Waals surface area contributed by atoms with Crippen LogP contribution in [0.15, 0.2) is 35.7 Å². The van der Waals surface area contributed by atoms with E-state index in [-0.39, 0.29) is 12.1 Å². The van der Waals surface area contributed by atoms with Crippen molar-refractivity contribution in [2.24, 2.45) is 5.16 Å². The number of urea groups is 1. The summed E-state index contributed by atoms with van der Waals surface area (Å²) in [7, 11) is 1.45. The van der Waals surface area contributed by atoms with E-state index < -0.39 is 0 Å². The van der Waals surface area contributed by atoms with Crippen molar-refractivity contribution in [2.45, 2.75) is 12.5 Å². The summed E-state index contributed by atoms with van der Waals surface area (Å²) in [6.07, 6.45) is 3.67. The summed E-state index contributed by atoms with van der Waals surface area (Å²) in [5, 5.41) is 10.1. The van der Waals surface area contributed by atoms with Gasteiger partial charge in [0.15, 0.2) is 0 Å². The quantitative estimate of drug-likeness (QED) is 0.532. The minimum atomic E-state index is -0.271. The highest BCUT2D eigenvalue weighted by Gasteiger charge is 2.27. The van der Waals surface area contributed by atoms with E-state index in [9.17, 15) is 4.79 Å². The monoisotopic (exact) mass is 389 g/mol. The largest absolute Gasteiger partial charge is 0.399 e. The molecule has 1 aliphatic heterocycles. The summed E-state index contributed by atoms with van der Waals surface area (Å²) in [4.78, 5) is 27.3. The van der Waals surface area contributed by atoms with E-state index in [4.69, 9.17) is 22.2 Å². The number of oxime groups is 1. The number of hydrogen-bond acceptors (Lipinski definition) is 7. The number of halogens is 1. The van der Waals surface area contributed by atoms with Crippen LogP contribution in [-0.2, 0) is 4.84 Å². The zero-order valence-electron chi connectivity index (χ0n) is 14.7. The molecule has 1 fully saturated rings. The third-order valence-electron chi connectivity index (χ3n) is 4.11. The maximum atomic E-state index is 12.2. The molecule has 0 spiro atoms. The van der Waals surface area contributed by atoms with Gasteiger partial charge < -0.3 is 26.1 Å².